The maximum atomic E-state index is 11.3. The minimum atomic E-state index is -0.833. The van der Waals surface area contributed by atoms with Gasteiger partial charge in [0.25, 0.3) is 5.97 Å². The van der Waals surface area contributed by atoms with Gasteiger partial charge in [0.1, 0.15) is 5.82 Å². The molecule has 0 unspecified atom stereocenters. The summed E-state index contributed by atoms with van der Waals surface area (Å²) in [5, 5.41) is 32.9. The zero-order chi connectivity index (χ0) is 49.5. The van der Waals surface area contributed by atoms with E-state index in [1.165, 1.54) is 46.3 Å². The largest absolute Gasteiger partial charge is 0.481 e. The number of aromatic nitrogens is 6. The molecular weight excluding hydrogens is 622 g/mol. The molecule has 13 nitrogen and oxygen atoms in total. The first-order valence-corrected chi connectivity index (χ1v) is 18.3. The highest BCUT2D eigenvalue weighted by atomic mass is 16.4. The second-order valence-electron chi connectivity index (χ2n) is 10.6. The Labute approximate surface area is 318 Å². The quantitative estimate of drug-likeness (QED) is 0.164. The van der Waals surface area contributed by atoms with Crippen molar-refractivity contribution in [2.24, 2.45) is 0 Å². The van der Waals surface area contributed by atoms with Crippen LogP contribution in [-0.4, -0.2) is 72.3 Å². The number of hydrogen-bond donors (Lipinski definition) is 5. The van der Waals surface area contributed by atoms with Crippen LogP contribution in [0.2, 0.25) is 0 Å². The van der Waals surface area contributed by atoms with Crippen LogP contribution in [0.4, 0.5) is 17.5 Å². The lowest BCUT2D eigenvalue weighted by Gasteiger charge is -2.06. The molecule has 0 bridgehead atoms. The van der Waals surface area contributed by atoms with Crippen LogP contribution < -0.4 is 16.0 Å². The van der Waals surface area contributed by atoms with E-state index >= 15 is 0 Å². The van der Waals surface area contributed by atoms with E-state index in [1.807, 2.05) is 55.4 Å². The van der Waals surface area contributed by atoms with Crippen LogP contribution in [0.1, 0.15) is 169 Å². The predicted octanol–water partition coefficient (Wildman–Crippen LogP) is 9.89. The maximum Gasteiger partial charge on any atom is 0.300 e. The number of nitrogens with zero attached hydrogens (tertiary/aromatic N) is 5. The molecule has 3 aromatic rings. The second-order valence-corrected chi connectivity index (χ2v) is 10.6. The van der Waals surface area contributed by atoms with Crippen molar-refractivity contribution < 1.29 is 43.0 Å². The number of carbonyl (C=O) groups excluding carboxylic acids is 2. The summed E-state index contributed by atoms with van der Waals surface area (Å²) < 4.78 is 63.0. The Morgan fingerprint density at radius 2 is 1.20 bits per heavy atom. The summed E-state index contributed by atoms with van der Waals surface area (Å²) in [5.74, 6) is 2.03. The van der Waals surface area contributed by atoms with Crippen LogP contribution in [-0.2, 0) is 43.3 Å². The van der Waals surface area contributed by atoms with Crippen molar-refractivity contribution in [3.05, 3.63) is 33.8 Å². The Morgan fingerprint density at radius 1 is 0.714 bits per heavy atom. The minimum absolute atomic E-state index is 0. The Morgan fingerprint density at radius 3 is 1.76 bits per heavy atom. The molecule has 0 fully saturated rings. The first-order chi connectivity index (χ1) is 29.6. The highest BCUT2D eigenvalue weighted by Crippen LogP contribution is 2.29. The number of aryl methyl sites for hydroxylation is 2. The molecule has 0 spiro atoms. The monoisotopic (exact) mass is 734 g/mol. The Hall–Kier alpha value is -4.16. The average molecular weight is 734 g/mol. The normalized spacial score (nSPS) is 13.3. The van der Waals surface area contributed by atoms with Gasteiger partial charge in [0, 0.05) is 86.3 Å². The van der Waals surface area contributed by atoms with Crippen LogP contribution in [0.5, 0.6) is 0 Å². The van der Waals surface area contributed by atoms with Gasteiger partial charge in [-0.05, 0) is 78.6 Å². The second kappa shape index (κ2) is 24.9. The molecule has 6 rings (SSSR count). The lowest BCUT2D eigenvalue weighted by atomic mass is 10.2. The summed E-state index contributed by atoms with van der Waals surface area (Å²) in [6.45, 7) is 25.0. The van der Waals surface area contributed by atoms with Crippen LogP contribution in [0.15, 0.2) is 0 Å². The van der Waals surface area contributed by atoms with Crippen molar-refractivity contribution in [3.8, 4) is 0 Å². The molecule has 3 aromatic heterocycles. The van der Waals surface area contributed by atoms with E-state index in [1.54, 1.807) is 18.5 Å². The van der Waals surface area contributed by atoms with E-state index in [4.69, 9.17) is 27.7 Å². The molecule has 0 saturated heterocycles. The van der Waals surface area contributed by atoms with Gasteiger partial charge < -0.3 is 21.1 Å². The van der Waals surface area contributed by atoms with E-state index in [0.717, 1.165) is 93.9 Å². The Balaban J connectivity index is -0.0000000601. The number of carboxylic acids is 1. The number of anilines is 3. The Bertz CT molecular complexity index is 1450. The molecule has 3 heterocycles. The third-order valence-corrected chi connectivity index (χ3v) is 7.27. The number of H-pyrrole nitrogens is 1. The van der Waals surface area contributed by atoms with E-state index in [0.29, 0.717) is 0 Å². The minimum Gasteiger partial charge on any atom is -0.481 e. The number of aromatic amines is 1. The number of carboxylic acid groups (broad SMARTS) is 1. The average Bonchev–Trinajstić information content (AvgIpc) is 4.18. The summed E-state index contributed by atoms with van der Waals surface area (Å²) in [6, 6.07) is 0. The van der Waals surface area contributed by atoms with Crippen LogP contribution in [0.25, 0.3) is 0 Å². The Kier molecular flexibility index (Phi) is 17.6. The SMILES string of the molecule is CC.CC.CC.CC(=O)O.CCNc1c2c(nn1C(C)=O)CCC2.CCNc1n[nH]c2c1CCC2.CCNc1nn(C(C)=O)c2c1CCC2.[3HH].[3H][3H].[3H][3H].[3H][3H].[3H][3H].[3H][3H].[3H][3H].[HH].[HH].[HH]. The van der Waals surface area contributed by atoms with Gasteiger partial charge in [-0.15, -0.1) is 5.10 Å². The van der Waals surface area contributed by atoms with Crippen molar-refractivity contribution in [2.45, 2.75) is 141 Å². The number of rotatable bonds is 6. The summed E-state index contributed by atoms with van der Waals surface area (Å²) in [4.78, 5) is 31.6. The van der Waals surface area contributed by atoms with Gasteiger partial charge in [0.15, 0.2) is 11.6 Å². The van der Waals surface area contributed by atoms with Crippen molar-refractivity contribution in [3.63, 3.8) is 0 Å². The first kappa shape index (κ1) is 34.7. The molecule has 0 aliphatic heterocycles. The lowest BCUT2D eigenvalue weighted by molar-refractivity contribution is -0.134. The summed E-state index contributed by atoms with van der Waals surface area (Å²) in [5.41, 5.74) is 7.42. The molecule has 0 radical (unpaired) electrons. The number of carbonyl (C=O) groups is 3. The van der Waals surface area contributed by atoms with Gasteiger partial charge in [0.2, 0.25) is 11.8 Å². The van der Waals surface area contributed by atoms with E-state index in [-0.39, 0.29) is 17.5 Å². The van der Waals surface area contributed by atoms with Crippen LogP contribution in [0, 0.1) is 0 Å². The zero-order valence-electron chi connectivity index (χ0n) is 44.4. The number of hydrogen-bond acceptors (Lipinski definition) is 9. The standard InChI is InChI=1S/2C10H15N3O.C8H13N3.C2H4O2.3C2H6.10H2/c1-3-11-10-8-5-4-6-9(8)13(12-10)7(2)14;1-3-11-10-8-5-4-6-9(8)12-13(10)7(2)14;1-2-9-8-6-4-3-5-7(6)10-11-8;1-2(3)4;3*1-2;;;;;;;;;;/h3-6H2,1-2H3,(H,11,12);11H,3-6H2,1-2H3;2-5H2,1H3,(H2,9,10,11);1H3,(H,3,4);3*1-2H3;10*1H/i;;;;;;;6*1+2T;1+2;;;. The van der Waals surface area contributed by atoms with Gasteiger partial charge >= 0.3 is 0 Å². The summed E-state index contributed by atoms with van der Waals surface area (Å²) in [6.07, 6.45) is 10.0. The highest BCUT2D eigenvalue weighted by molar-refractivity contribution is 5.80. The number of fused-ring (bicyclic) bond motifs is 3. The molecule has 0 aromatic carbocycles. The molecule has 0 saturated carbocycles. The van der Waals surface area contributed by atoms with E-state index < -0.39 is 5.97 Å². The zero-order valence-corrected chi connectivity index (χ0v) is 32.4. The van der Waals surface area contributed by atoms with Crippen molar-refractivity contribution in [1.29, 1.82) is 0 Å². The number of aliphatic carboxylic acids is 1. The van der Waals surface area contributed by atoms with Gasteiger partial charge in [-0.3, -0.25) is 19.5 Å². The molecule has 0 amide bonds. The highest BCUT2D eigenvalue weighted by Gasteiger charge is 2.24. The van der Waals surface area contributed by atoms with Crippen molar-refractivity contribution in [2.75, 3.05) is 35.6 Å². The molecule has 298 valence electrons. The fourth-order valence-electron chi connectivity index (χ4n) is 5.61. The lowest BCUT2D eigenvalue weighted by Crippen LogP contribution is -2.14. The van der Waals surface area contributed by atoms with E-state index in [9.17, 15) is 9.59 Å². The molecular formula is C36H85N9O4. The predicted molar refractivity (Wildman–Crippen MR) is 223 cm³/mol. The smallest absolute Gasteiger partial charge is 0.300 e. The topological polar surface area (TPSA) is 172 Å². The summed E-state index contributed by atoms with van der Waals surface area (Å²) in [7, 11) is 0. The number of nitrogens with one attached hydrogen (secondary N) is 4. The summed E-state index contributed by atoms with van der Waals surface area (Å²) >= 11 is 0. The molecule has 3 aliphatic rings. The fourth-order valence-corrected chi connectivity index (χ4v) is 5.61. The van der Waals surface area contributed by atoms with Crippen LogP contribution >= 0.6 is 0 Å². The molecule has 49 heavy (non-hydrogen) atoms. The fraction of sp³-hybridized carbons (Fsp3) is 0.667. The molecule has 0 atom stereocenters. The van der Waals surface area contributed by atoms with Crippen molar-refractivity contribution >= 4 is 35.2 Å². The van der Waals surface area contributed by atoms with Gasteiger partial charge in [-0.25, -0.2) is 4.68 Å². The third kappa shape index (κ3) is 13.3. The van der Waals surface area contributed by atoms with Gasteiger partial charge in [-0.1, -0.05) is 41.5 Å². The molecule has 3 aliphatic carbocycles. The maximum absolute atomic E-state index is 11.3. The van der Waals surface area contributed by atoms with Crippen molar-refractivity contribution in [1.82, 2.24) is 29.8 Å². The third-order valence-electron chi connectivity index (χ3n) is 7.27. The van der Waals surface area contributed by atoms with Crippen LogP contribution in [0.3, 0.4) is 0 Å². The van der Waals surface area contributed by atoms with E-state index in [2.05, 4.69) is 43.3 Å². The van der Waals surface area contributed by atoms with Gasteiger partial charge in [-0.2, -0.15) is 14.9 Å². The first-order valence-electron chi connectivity index (χ1n) is 24.3. The van der Waals surface area contributed by atoms with Gasteiger partial charge in [0.05, 0.1) is 11.4 Å². The molecule has 5 N–H and O–H groups in total. The molecule has 13 heteroatoms.